The summed E-state index contributed by atoms with van der Waals surface area (Å²) in [6.07, 6.45) is 3.62. The van der Waals surface area contributed by atoms with Crippen LogP contribution in [-0.2, 0) is 14.3 Å². The number of carbonyl (C=O) groups excluding carboxylic acids is 2. The van der Waals surface area contributed by atoms with Crippen molar-refractivity contribution in [2.45, 2.75) is 25.3 Å². The van der Waals surface area contributed by atoms with Crippen molar-refractivity contribution in [3.63, 3.8) is 0 Å². The van der Waals surface area contributed by atoms with Crippen molar-refractivity contribution in [1.29, 1.82) is 0 Å². The Morgan fingerprint density at radius 1 is 1.28 bits per heavy atom. The van der Waals surface area contributed by atoms with E-state index in [0.29, 0.717) is 36.6 Å². The van der Waals surface area contributed by atoms with Gasteiger partial charge in [-0.2, -0.15) is 5.10 Å². The van der Waals surface area contributed by atoms with Crippen molar-refractivity contribution in [2.75, 3.05) is 26.8 Å². The highest BCUT2D eigenvalue weighted by Gasteiger charge is 2.38. The van der Waals surface area contributed by atoms with Crippen molar-refractivity contribution < 1.29 is 23.7 Å². The van der Waals surface area contributed by atoms with E-state index in [1.54, 1.807) is 31.4 Å². The molecule has 10 nitrogen and oxygen atoms in total. The molecule has 2 aromatic rings. The summed E-state index contributed by atoms with van der Waals surface area (Å²) in [7, 11) is 1.55. The van der Waals surface area contributed by atoms with Gasteiger partial charge in [0.15, 0.2) is 0 Å². The van der Waals surface area contributed by atoms with Crippen LogP contribution in [0.2, 0.25) is 0 Å². The fraction of sp³-hybridized carbons (Fsp3) is 0.409. The van der Waals surface area contributed by atoms with Crippen molar-refractivity contribution in [3.8, 4) is 0 Å². The summed E-state index contributed by atoms with van der Waals surface area (Å²) in [6.45, 7) is 0.563. The Kier molecular flexibility index (Phi) is 6.31. The molecule has 168 valence electrons. The van der Waals surface area contributed by atoms with Crippen LogP contribution in [0.3, 0.4) is 0 Å². The van der Waals surface area contributed by atoms with E-state index in [0.717, 1.165) is 12.8 Å². The molecule has 10 heteroatoms. The zero-order valence-corrected chi connectivity index (χ0v) is 17.7. The largest absolute Gasteiger partial charge is 0.467 e. The van der Waals surface area contributed by atoms with Gasteiger partial charge in [0, 0.05) is 38.1 Å². The highest BCUT2D eigenvalue weighted by Crippen LogP contribution is 2.34. The van der Waals surface area contributed by atoms with E-state index in [2.05, 4.69) is 5.10 Å². The molecule has 1 aromatic carbocycles. The van der Waals surface area contributed by atoms with Crippen LogP contribution in [0.15, 0.2) is 52.2 Å². The number of nitro groups is 1. The van der Waals surface area contributed by atoms with Crippen LogP contribution in [0.25, 0.3) is 0 Å². The monoisotopic (exact) mass is 440 g/mol. The summed E-state index contributed by atoms with van der Waals surface area (Å²) in [5.41, 5.74) is 1.29. The minimum absolute atomic E-state index is 0.0155. The summed E-state index contributed by atoms with van der Waals surface area (Å²) in [5, 5.41) is 16.8. The summed E-state index contributed by atoms with van der Waals surface area (Å²) < 4.78 is 10.6. The van der Waals surface area contributed by atoms with E-state index in [1.165, 1.54) is 28.3 Å². The maximum absolute atomic E-state index is 13.2. The van der Waals surface area contributed by atoms with Gasteiger partial charge >= 0.3 is 0 Å². The minimum atomic E-state index is -0.465. The lowest BCUT2D eigenvalue weighted by Gasteiger charge is -2.26. The van der Waals surface area contributed by atoms with Gasteiger partial charge in [-0.1, -0.05) is 0 Å². The fourth-order valence-corrected chi connectivity index (χ4v) is 3.69. The molecule has 1 aliphatic heterocycles. The Balaban J connectivity index is 1.56. The first-order valence-electron chi connectivity index (χ1n) is 10.4. The van der Waals surface area contributed by atoms with Crippen LogP contribution in [0.5, 0.6) is 0 Å². The molecule has 1 saturated carbocycles. The van der Waals surface area contributed by atoms with Crippen LogP contribution in [0.1, 0.15) is 36.6 Å². The zero-order chi connectivity index (χ0) is 22.7. The van der Waals surface area contributed by atoms with Gasteiger partial charge in [0.05, 0.1) is 23.5 Å². The molecule has 4 rings (SSSR count). The number of amides is 2. The van der Waals surface area contributed by atoms with Crippen LogP contribution in [-0.4, -0.2) is 59.2 Å². The molecule has 0 saturated heterocycles. The number of carbonyl (C=O) groups is 2. The SMILES string of the molecule is COCCN(CC(=O)N1N=C(c2ccc([N+](=O)[O-])cc2)CC1c1ccco1)C(=O)C1CC1. The zero-order valence-electron chi connectivity index (χ0n) is 17.7. The van der Waals surface area contributed by atoms with E-state index in [4.69, 9.17) is 9.15 Å². The fourth-order valence-electron chi connectivity index (χ4n) is 3.69. The standard InChI is InChI=1S/C22H24N4O6/c1-31-12-10-24(22(28)16-4-5-16)14-21(27)25-19(20-3-2-11-32-20)13-18(23-25)15-6-8-17(9-7-15)26(29)30/h2-3,6-9,11,16,19H,4-5,10,12-14H2,1H3. The van der Waals surface area contributed by atoms with E-state index in [1.807, 2.05) is 0 Å². The third-order valence-electron chi connectivity index (χ3n) is 5.58. The molecule has 0 N–H and O–H groups in total. The Labute approximate surface area is 184 Å². The lowest BCUT2D eigenvalue weighted by molar-refractivity contribution is -0.384. The minimum Gasteiger partial charge on any atom is -0.467 e. The molecular formula is C22H24N4O6. The molecule has 2 heterocycles. The number of rotatable bonds is 9. The molecule has 2 aliphatic rings. The molecule has 0 spiro atoms. The van der Waals surface area contributed by atoms with Gasteiger partial charge in [-0.3, -0.25) is 19.7 Å². The van der Waals surface area contributed by atoms with Gasteiger partial charge < -0.3 is 14.1 Å². The Morgan fingerprint density at radius 3 is 2.62 bits per heavy atom. The van der Waals surface area contributed by atoms with Gasteiger partial charge in [0.25, 0.3) is 11.6 Å². The summed E-state index contributed by atoms with van der Waals surface area (Å²) >= 11 is 0. The first kappa shape index (κ1) is 21.7. The van der Waals surface area contributed by atoms with E-state index in [9.17, 15) is 19.7 Å². The van der Waals surface area contributed by atoms with Crippen LogP contribution >= 0.6 is 0 Å². The molecular weight excluding hydrogens is 416 g/mol. The summed E-state index contributed by atoms with van der Waals surface area (Å²) in [5.74, 6) is 0.200. The molecule has 32 heavy (non-hydrogen) atoms. The second-order valence-electron chi connectivity index (χ2n) is 7.85. The van der Waals surface area contributed by atoms with Crippen LogP contribution in [0.4, 0.5) is 5.69 Å². The van der Waals surface area contributed by atoms with Gasteiger partial charge in [-0.15, -0.1) is 0 Å². The maximum Gasteiger partial charge on any atom is 0.269 e. The lowest BCUT2D eigenvalue weighted by Crippen LogP contribution is -2.43. The molecule has 2 amide bonds. The quantitative estimate of drug-likeness (QED) is 0.437. The number of benzene rings is 1. The third kappa shape index (κ3) is 4.70. The predicted molar refractivity (Wildman–Crippen MR) is 114 cm³/mol. The van der Waals surface area contributed by atoms with E-state index in [-0.39, 0.29) is 30.0 Å². The average Bonchev–Trinajstić information content (AvgIpc) is 3.31. The molecule has 0 radical (unpaired) electrons. The molecule has 1 fully saturated rings. The number of furan rings is 1. The van der Waals surface area contributed by atoms with E-state index < -0.39 is 11.0 Å². The Morgan fingerprint density at radius 2 is 2.03 bits per heavy atom. The third-order valence-corrected chi connectivity index (χ3v) is 5.58. The van der Waals surface area contributed by atoms with Gasteiger partial charge in [-0.05, 0) is 42.7 Å². The highest BCUT2D eigenvalue weighted by atomic mass is 16.6. The van der Waals surface area contributed by atoms with Crippen LogP contribution in [0, 0.1) is 16.0 Å². The number of ether oxygens (including phenoxy) is 1. The van der Waals surface area contributed by atoms with Gasteiger partial charge in [0.1, 0.15) is 18.3 Å². The van der Waals surface area contributed by atoms with Crippen molar-refractivity contribution in [3.05, 3.63) is 64.1 Å². The number of non-ortho nitro benzene ring substituents is 1. The van der Waals surface area contributed by atoms with Gasteiger partial charge in [-0.25, -0.2) is 5.01 Å². The second kappa shape index (κ2) is 9.31. The van der Waals surface area contributed by atoms with E-state index >= 15 is 0 Å². The summed E-state index contributed by atoms with van der Waals surface area (Å²) in [4.78, 5) is 37.9. The lowest BCUT2D eigenvalue weighted by atomic mass is 10.0. The number of hydrazone groups is 1. The molecule has 1 atom stereocenters. The number of nitro benzene ring substituents is 1. The Hall–Kier alpha value is -3.53. The summed E-state index contributed by atoms with van der Waals surface area (Å²) in [6, 6.07) is 9.11. The van der Waals surface area contributed by atoms with Crippen molar-refractivity contribution in [2.24, 2.45) is 11.0 Å². The topological polar surface area (TPSA) is 118 Å². The Bertz CT molecular complexity index is 1010. The number of nitrogens with zero attached hydrogens (tertiary/aromatic N) is 4. The molecule has 1 aliphatic carbocycles. The number of methoxy groups -OCH3 is 1. The maximum atomic E-state index is 13.2. The van der Waals surface area contributed by atoms with Crippen LogP contribution < -0.4 is 0 Å². The van der Waals surface area contributed by atoms with Crippen molar-refractivity contribution >= 4 is 23.2 Å². The number of hydrogen-bond donors (Lipinski definition) is 0. The van der Waals surface area contributed by atoms with Crippen molar-refractivity contribution in [1.82, 2.24) is 9.91 Å². The molecule has 0 bridgehead atoms. The first-order valence-corrected chi connectivity index (χ1v) is 10.4. The number of hydrogen-bond acceptors (Lipinski definition) is 7. The smallest absolute Gasteiger partial charge is 0.269 e. The molecule has 1 aromatic heterocycles. The highest BCUT2D eigenvalue weighted by molar-refractivity contribution is 6.03. The average molecular weight is 440 g/mol. The predicted octanol–water partition coefficient (Wildman–Crippen LogP) is 2.75. The van der Waals surface area contributed by atoms with Gasteiger partial charge in [0.2, 0.25) is 5.91 Å². The first-order chi connectivity index (χ1) is 15.5. The second-order valence-corrected chi connectivity index (χ2v) is 7.85. The normalized spacial score (nSPS) is 17.8. The molecule has 1 unspecified atom stereocenters.